The van der Waals surface area contributed by atoms with Crippen molar-refractivity contribution in [2.75, 3.05) is 0 Å². The highest BCUT2D eigenvalue weighted by Crippen LogP contribution is 2.31. The number of aromatic carboxylic acids is 1. The molecule has 26 heavy (non-hydrogen) atoms. The molecule has 1 aliphatic rings. The van der Waals surface area contributed by atoms with Gasteiger partial charge in [0.25, 0.3) is 0 Å². The van der Waals surface area contributed by atoms with Crippen molar-refractivity contribution in [2.24, 2.45) is 5.92 Å². The molecule has 0 amide bonds. The molecule has 0 atom stereocenters. The van der Waals surface area contributed by atoms with Crippen molar-refractivity contribution in [2.45, 2.75) is 45.8 Å². The number of carboxylic acid groups (broad SMARTS) is 1. The van der Waals surface area contributed by atoms with Crippen molar-refractivity contribution < 1.29 is 9.90 Å². The highest BCUT2D eigenvalue weighted by atomic mass is 16.4. The van der Waals surface area contributed by atoms with Gasteiger partial charge >= 0.3 is 11.7 Å². The first-order valence-electron chi connectivity index (χ1n) is 8.98. The minimum atomic E-state index is -0.977. The van der Waals surface area contributed by atoms with Crippen molar-refractivity contribution in [1.82, 2.24) is 18.7 Å². The molecule has 0 spiro atoms. The Labute approximate surface area is 150 Å². The van der Waals surface area contributed by atoms with Crippen molar-refractivity contribution in [3.05, 3.63) is 52.5 Å². The summed E-state index contributed by atoms with van der Waals surface area (Å²) in [6.07, 6.45) is 6.79. The predicted molar refractivity (Wildman–Crippen MR) is 97.5 cm³/mol. The molecular weight excluding hydrogens is 332 g/mol. The van der Waals surface area contributed by atoms with Crippen LogP contribution in [0.25, 0.3) is 11.0 Å². The van der Waals surface area contributed by atoms with Crippen molar-refractivity contribution in [1.29, 1.82) is 0 Å². The Kier molecular flexibility index (Phi) is 4.14. The molecular formula is C19H22N4O3. The van der Waals surface area contributed by atoms with Gasteiger partial charge in [0.15, 0.2) is 0 Å². The summed E-state index contributed by atoms with van der Waals surface area (Å²) < 4.78 is 5.58. The van der Waals surface area contributed by atoms with Gasteiger partial charge in [0, 0.05) is 32.0 Å². The molecule has 0 bridgehead atoms. The van der Waals surface area contributed by atoms with Gasteiger partial charge in [-0.25, -0.2) is 14.6 Å². The number of benzene rings is 1. The van der Waals surface area contributed by atoms with Crippen molar-refractivity contribution in [3.8, 4) is 0 Å². The third kappa shape index (κ3) is 3.05. The second-order valence-corrected chi connectivity index (χ2v) is 7.02. The van der Waals surface area contributed by atoms with Crippen LogP contribution in [0.4, 0.5) is 0 Å². The topological polar surface area (TPSA) is 82.0 Å². The van der Waals surface area contributed by atoms with E-state index in [0.29, 0.717) is 18.0 Å². The van der Waals surface area contributed by atoms with Gasteiger partial charge in [-0.3, -0.25) is 9.13 Å². The van der Waals surface area contributed by atoms with Gasteiger partial charge in [0.2, 0.25) is 0 Å². The number of fused-ring (bicyclic) bond motifs is 1. The van der Waals surface area contributed by atoms with E-state index in [9.17, 15) is 14.7 Å². The van der Waals surface area contributed by atoms with E-state index in [-0.39, 0.29) is 11.3 Å². The Morgan fingerprint density at radius 2 is 2.04 bits per heavy atom. The summed E-state index contributed by atoms with van der Waals surface area (Å²) in [7, 11) is 0. The zero-order valence-corrected chi connectivity index (χ0v) is 14.8. The standard InChI is InChI=1S/C19H22N4O3/c1-13-20-7-10-21(13)8-2-9-22-17-11-15(18(24)25)5-6-16(17)23(19(22)26)12-14-3-4-14/h5-7,10-11,14H,2-4,8-9,12H2,1H3,(H,24,25). The summed E-state index contributed by atoms with van der Waals surface area (Å²) in [6, 6.07) is 4.96. The van der Waals surface area contributed by atoms with Crippen LogP contribution in [-0.2, 0) is 19.6 Å². The monoisotopic (exact) mass is 354 g/mol. The van der Waals surface area contributed by atoms with E-state index in [0.717, 1.165) is 43.7 Å². The maximum Gasteiger partial charge on any atom is 0.335 e. The molecule has 2 aromatic heterocycles. The summed E-state index contributed by atoms with van der Waals surface area (Å²) in [5.41, 5.74) is 1.70. The fraction of sp³-hybridized carbons (Fsp3) is 0.421. The van der Waals surface area contributed by atoms with Crippen molar-refractivity contribution >= 4 is 17.0 Å². The second kappa shape index (κ2) is 6.48. The lowest BCUT2D eigenvalue weighted by Gasteiger charge is -2.06. The fourth-order valence-electron chi connectivity index (χ4n) is 3.44. The molecule has 2 heterocycles. The molecule has 0 saturated heterocycles. The van der Waals surface area contributed by atoms with Crippen LogP contribution in [0.15, 0.2) is 35.4 Å². The number of aromatic nitrogens is 4. The zero-order chi connectivity index (χ0) is 18.3. The van der Waals surface area contributed by atoms with Crippen LogP contribution in [0, 0.1) is 12.8 Å². The van der Waals surface area contributed by atoms with E-state index in [1.807, 2.05) is 13.1 Å². The quantitative estimate of drug-likeness (QED) is 0.707. The Morgan fingerprint density at radius 3 is 2.69 bits per heavy atom. The van der Waals surface area contributed by atoms with Gasteiger partial charge in [0.05, 0.1) is 16.6 Å². The van der Waals surface area contributed by atoms with Gasteiger partial charge in [0.1, 0.15) is 5.82 Å². The molecule has 3 aromatic rings. The van der Waals surface area contributed by atoms with Crippen molar-refractivity contribution in [3.63, 3.8) is 0 Å². The normalized spacial score (nSPS) is 14.2. The maximum atomic E-state index is 13.0. The maximum absolute atomic E-state index is 13.0. The van der Waals surface area contributed by atoms with Gasteiger partial charge in [-0.1, -0.05) is 0 Å². The number of hydrogen-bond donors (Lipinski definition) is 1. The molecule has 1 saturated carbocycles. The zero-order valence-electron chi connectivity index (χ0n) is 14.8. The van der Waals surface area contributed by atoms with Gasteiger partial charge in [-0.05, 0) is 50.3 Å². The van der Waals surface area contributed by atoms with Crippen LogP contribution in [0.3, 0.4) is 0 Å². The SMILES string of the molecule is Cc1nccn1CCCn1c(=O)n(CC2CC2)c2ccc(C(=O)O)cc21. The number of carboxylic acids is 1. The van der Waals surface area contributed by atoms with E-state index in [1.54, 1.807) is 33.5 Å². The number of carbonyl (C=O) groups is 1. The lowest BCUT2D eigenvalue weighted by atomic mass is 10.2. The average Bonchev–Trinajstić information content (AvgIpc) is 3.30. The number of nitrogens with zero attached hydrogens (tertiary/aromatic N) is 4. The van der Waals surface area contributed by atoms with E-state index < -0.39 is 5.97 Å². The van der Waals surface area contributed by atoms with Gasteiger partial charge in [-0.15, -0.1) is 0 Å². The van der Waals surface area contributed by atoms with Gasteiger partial charge in [-0.2, -0.15) is 0 Å². The molecule has 0 radical (unpaired) electrons. The first kappa shape index (κ1) is 16.6. The van der Waals surface area contributed by atoms with Gasteiger partial charge < -0.3 is 9.67 Å². The van der Waals surface area contributed by atoms with Crippen LogP contribution < -0.4 is 5.69 Å². The largest absolute Gasteiger partial charge is 0.478 e. The molecule has 1 aliphatic carbocycles. The lowest BCUT2D eigenvalue weighted by Crippen LogP contribution is -2.25. The van der Waals surface area contributed by atoms with Crippen LogP contribution in [0.1, 0.15) is 35.4 Å². The number of aryl methyl sites for hydroxylation is 3. The number of rotatable bonds is 7. The Balaban J connectivity index is 1.67. The van der Waals surface area contributed by atoms with Crippen LogP contribution in [0.2, 0.25) is 0 Å². The molecule has 136 valence electrons. The molecule has 7 heteroatoms. The minimum Gasteiger partial charge on any atom is -0.478 e. The predicted octanol–water partition coefficient (Wildman–Crippen LogP) is 2.51. The molecule has 1 N–H and O–H groups in total. The summed E-state index contributed by atoms with van der Waals surface area (Å²) in [4.78, 5) is 28.5. The number of imidazole rings is 2. The highest BCUT2D eigenvalue weighted by Gasteiger charge is 2.25. The highest BCUT2D eigenvalue weighted by molar-refractivity contribution is 5.92. The lowest BCUT2D eigenvalue weighted by molar-refractivity contribution is 0.0697. The third-order valence-electron chi connectivity index (χ3n) is 5.11. The van der Waals surface area contributed by atoms with Crippen LogP contribution in [-0.4, -0.2) is 29.8 Å². The molecule has 1 fully saturated rings. The third-order valence-corrected chi connectivity index (χ3v) is 5.11. The Hall–Kier alpha value is -2.83. The molecule has 1 aromatic carbocycles. The first-order valence-corrected chi connectivity index (χ1v) is 8.98. The molecule has 0 aliphatic heterocycles. The fourth-order valence-corrected chi connectivity index (χ4v) is 3.44. The minimum absolute atomic E-state index is 0.0446. The summed E-state index contributed by atoms with van der Waals surface area (Å²) in [6.45, 7) is 3.99. The van der Waals surface area contributed by atoms with Crippen LogP contribution in [0.5, 0.6) is 0 Å². The van der Waals surface area contributed by atoms with E-state index in [4.69, 9.17) is 0 Å². The summed E-state index contributed by atoms with van der Waals surface area (Å²) in [5, 5.41) is 9.29. The summed E-state index contributed by atoms with van der Waals surface area (Å²) in [5.74, 6) is 0.538. The van der Waals surface area contributed by atoms with E-state index >= 15 is 0 Å². The molecule has 4 rings (SSSR count). The average molecular weight is 354 g/mol. The molecule has 7 nitrogen and oxygen atoms in total. The second-order valence-electron chi connectivity index (χ2n) is 7.02. The first-order chi connectivity index (χ1) is 12.5. The molecule has 0 unspecified atom stereocenters. The van der Waals surface area contributed by atoms with Crippen LogP contribution >= 0.6 is 0 Å². The van der Waals surface area contributed by atoms with E-state index in [1.165, 1.54) is 0 Å². The smallest absolute Gasteiger partial charge is 0.335 e. The Morgan fingerprint density at radius 1 is 1.23 bits per heavy atom. The summed E-state index contributed by atoms with van der Waals surface area (Å²) >= 11 is 0. The Bertz CT molecular complexity index is 1020. The number of hydrogen-bond acceptors (Lipinski definition) is 3. The van der Waals surface area contributed by atoms with E-state index in [2.05, 4.69) is 9.55 Å².